The maximum atomic E-state index is 13.4. The molecule has 0 aliphatic carbocycles. The molecule has 1 heterocycles. The zero-order valence-electron chi connectivity index (χ0n) is 10.7. The summed E-state index contributed by atoms with van der Waals surface area (Å²) in [5.74, 6) is -1.54. The van der Waals surface area contributed by atoms with Crippen LogP contribution in [0.4, 0.5) is 19.3 Å². The Labute approximate surface area is 110 Å². The number of carbonyl (C=O) groups excluding carboxylic acids is 1. The average Bonchev–Trinajstić information content (AvgIpc) is 2.43. The van der Waals surface area contributed by atoms with E-state index in [1.54, 1.807) is 7.05 Å². The van der Waals surface area contributed by atoms with Gasteiger partial charge in [0, 0.05) is 13.1 Å². The van der Waals surface area contributed by atoms with Gasteiger partial charge in [0.2, 0.25) is 0 Å². The Bertz CT molecular complexity index is 441. The first kappa shape index (κ1) is 13.7. The molecule has 1 fully saturated rings. The van der Waals surface area contributed by atoms with Crippen LogP contribution in [0.3, 0.4) is 0 Å². The van der Waals surface area contributed by atoms with Crippen LogP contribution in [0.1, 0.15) is 12.8 Å². The number of hydrogen-bond acceptors (Lipinski definition) is 2. The van der Waals surface area contributed by atoms with E-state index in [-0.39, 0.29) is 6.04 Å². The van der Waals surface area contributed by atoms with Crippen LogP contribution >= 0.6 is 0 Å². The molecule has 19 heavy (non-hydrogen) atoms. The van der Waals surface area contributed by atoms with Gasteiger partial charge >= 0.3 is 6.03 Å². The molecule has 2 rings (SSSR count). The molecule has 4 nitrogen and oxygen atoms in total. The normalized spacial score (nSPS) is 16.2. The highest BCUT2D eigenvalue weighted by Crippen LogP contribution is 2.19. The Morgan fingerprint density at radius 1 is 1.32 bits per heavy atom. The number of halogens is 2. The Kier molecular flexibility index (Phi) is 4.31. The second-order valence-electron chi connectivity index (χ2n) is 4.62. The Hall–Kier alpha value is -1.69. The summed E-state index contributed by atoms with van der Waals surface area (Å²) in [5, 5.41) is 5.49. The van der Waals surface area contributed by atoms with Crippen molar-refractivity contribution in [2.45, 2.75) is 18.9 Å². The van der Waals surface area contributed by atoms with Crippen molar-refractivity contribution in [3.05, 3.63) is 29.8 Å². The molecule has 1 aromatic rings. The molecule has 6 heteroatoms. The molecule has 0 atom stereocenters. The van der Waals surface area contributed by atoms with E-state index >= 15 is 0 Å². The van der Waals surface area contributed by atoms with Crippen molar-refractivity contribution < 1.29 is 13.6 Å². The van der Waals surface area contributed by atoms with Gasteiger partial charge in [-0.05, 0) is 38.1 Å². The lowest BCUT2D eigenvalue weighted by molar-refractivity contribution is 0.189. The maximum absolute atomic E-state index is 13.4. The second kappa shape index (κ2) is 5.97. The fourth-order valence-corrected chi connectivity index (χ4v) is 2.17. The van der Waals surface area contributed by atoms with Gasteiger partial charge in [-0.1, -0.05) is 6.07 Å². The lowest BCUT2D eigenvalue weighted by Gasteiger charge is -2.31. The number of piperidine rings is 1. The van der Waals surface area contributed by atoms with Crippen LogP contribution in [0.2, 0.25) is 0 Å². The summed E-state index contributed by atoms with van der Waals surface area (Å²) in [5.41, 5.74) is -0.395. The van der Waals surface area contributed by atoms with Gasteiger partial charge in [0.25, 0.3) is 0 Å². The lowest BCUT2D eigenvalue weighted by Crippen LogP contribution is -2.45. The molecule has 0 saturated carbocycles. The van der Waals surface area contributed by atoms with Gasteiger partial charge in [0.05, 0.1) is 0 Å². The summed E-state index contributed by atoms with van der Waals surface area (Å²) in [4.78, 5) is 13.5. The van der Waals surface area contributed by atoms with E-state index in [9.17, 15) is 13.6 Å². The van der Waals surface area contributed by atoms with Crippen molar-refractivity contribution >= 4 is 11.7 Å². The summed E-state index contributed by atoms with van der Waals surface area (Å²) < 4.78 is 26.9. The van der Waals surface area contributed by atoms with Crippen LogP contribution in [-0.4, -0.2) is 37.1 Å². The standard InChI is InChI=1S/C13H17F2N3O/c1-18(9-5-7-16-8-6-9)13(19)17-12-10(14)3-2-4-11(12)15/h2-4,9,16H,5-8H2,1H3,(H,17,19). The molecule has 1 aliphatic heterocycles. The predicted molar refractivity (Wildman–Crippen MR) is 69.0 cm³/mol. The van der Waals surface area contributed by atoms with E-state index in [1.165, 1.54) is 11.0 Å². The summed E-state index contributed by atoms with van der Waals surface area (Å²) in [6.45, 7) is 1.69. The van der Waals surface area contributed by atoms with Crippen LogP contribution in [0.15, 0.2) is 18.2 Å². The number of nitrogens with zero attached hydrogens (tertiary/aromatic N) is 1. The molecule has 0 aromatic heterocycles. The number of rotatable bonds is 2. The minimum atomic E-state index is -0.771. The third kappa shape index (κ3) is 3.20. The first-order valence-corrected chi connectivity index (χ1v) is 6.28. The van der Waals surface area contributed by atoms with E-state index in [1.807, 2.05) is 0 Å². The number of nitrogens with one attached hydrogen (secondary N) is 2. The van der Waals surface area contributed by atoms with Crippen molar-refractivity contribution in [2.75, 3.05) is 25.5 Å². The molecule has 0 unspecified atom stereocenters. The number of hydrogen-bond donors (Lipinski definition) is 2. The van der Waals surface area contributed by atoms with Gasteiger partial charge in [0.15, 0.2) is 0 Å². The van der Waals surface area contributed by atoms with Crippen molar-refractivity contribution in [1.29, 1.82) is 0 Å². The zero-order chi connectivity index (χ0) is 13.8. The summed E-state index contributed by atoms with van der Waals surface area (Å²) in [7, 11) is 1.64. The number of anilines is 1. The molecule has 2 N–H and O–H groups in total. The van der Waals surface area contributed by atoms with Crippen molar-refractivity contribution in [2.24, 2.45) is 0 Å². The van der Waals surface area contributed by atoms with Gasteiger partial charge < -0.3 is 15.5 Å². The van der Waals surface area contributed by atoms with E-state index < -0.39 is 23.4 Å². The van der Waals surface area contributed by atoms with E-state index in [0.29, 0.717) is 0 Å². The average molecular weight is 269 g/mol. The van der Waals surface area contributed by atoms with Gasteiger partial charge in [0.1, 0.15) is 17.3 Å². The number of urea groups is 1. The minimum Gasteiger partial charge on any atom is -0.325 e. The minimum absolute atomic E-state index is 0.0936. The molecule has 1 aromatic carbocycles. The molecule has 1 aliphatic rings. The largest absolute Gasteiger partial charge is 0.325 e. The third-order valence-electron chi connectivity index (χ3n) is 3.37. The van der Waals surface area contributed by atoms with Crippen molar-refractivity contribution in [1.82, 2.24) is 10.2 Å². The second-order valence-corrected chi connectivity index (χ2v) is 4.62. The van der Waals surface area contributed by atoms with Gasteiger partial charge in [-0.25, -0.2) is 13.6 Å². The van der Waals surface area contributed by atoms with Crippen LogP contribution < -0.4 is 10.6 Å². The van der Waals surface area contributed by atoms with E-state index in [0.717, 1.165) is 38.1 Å². The summed E-state index contributed by atoms with van der Waals surface area (Å²) in [6.07, 6.45) is 1.67. The lowest BCUT2D eigenvalue weighted by atomic mass is 10.1. The molecule has 0 bridgehead atoms. The Balaban J connectivity index is 2.04. The molecule has 104 valence electrons. The zero-order valence-corrected chi connectivity index (χ0v) is 10.7. The highest BCUT2D eigenvalue weighted by Gasteiger charge is 2.23. The quantitative estimate of drug-likeness (QED) is 0.864. The molecular formula is C13H17F2N3O. The van der Waals surface area contributed by atoms with Gasteiger partial charge in [-0.2, -0.15) is 0 Å². The van der Waals surface area contributed by atoms with Gasteiger partial charge in [-0.15, -0.1) is 0 Å². The number of para-hydroxylation sites is 1. The highest BCUT2D eigenvalue weighted by molar-refractivity contribution is 5.89. The number of carbonyl (C=O) groups is 1. The van der Waals surface area contributed by atoms with E-state index in [4.69, 9.17) is 0 Å². The first-order chi connectivity index (χ1) is 9.09. The summed E-state index contributed by atoms with van der Waals surface area (Å²) >= 11 is 0. The molecule has 2 amide bonds. The Morgan fingerprint density at radius 3 is 2.47 bits per heavy atom. The van der Waals surface area contributed by atoms with Crippen LogP contribution in [0, 0.1) is 11.6 Å². The maximum Gasteiger partial charge on any atom is 0.321 e. The van der Waals surface area contributed by atoms with Crippen molar-refractivity contribution in [3.63, 3.8) is 0 Å². The molecule has 0 spiro atoms. The SMILES string of the molecule is CN(C(=O)Nc1c(F)cccc1F)C1CCNCC1. The van der Waals surface area contributed by atoms with E-state index in [2.05, 4.69) is 10.6 Å². The first-order valence-electron chi connectivity index (χ1n) is 6.28. The third-order valence-corrected chi connectivity index (χ3v) is 3.37. The molecule has 0 radical (unpaired) electrons. The molecule has 1 saturated heterocycles. The number of amides is 2. The monoisotopic (exact) mass is 269 g/mol. The fraction of sp³-hybridized carbons (Fsp3) is 0.462. The van der Waals surface area contributed by atoms with Gasteiger partial charge in [-0.3, -0.25) is 0 Å². The van der Waals surface area contributed by atoms with Crippen LogP contribution in [0.5, 0.6) is 0 Å². The topological polar surface area (TPSA) is 44.4 Å². The van der Waals surface area contributed by atoms with Crippen LogP contribution in [-0.2, 0) is 0 Å². The molecular weight excluding hydrogens is 252 g/mol. The number of benzene rings is 1. The predicted octanol–water partition coefficient (Wildman–Crippen LogP) is 2.18. The fourth-order valence-electron chi connectivity index (χ4n) is 2.17. The van der Waals surface area contributed by atoms with Crippen molar-refractivity contribution in [3.8, 4) is 0 Å². The highest BCUT2D eigenvalue weighted by atomic mass is 19.1. The van der Waals surface area contributed by atoms with Crippen LogP contribution in [0.25, 0.3) is 0 Å². The smallest absolute Gasteiger partial charge is 0.321 e. The summed E-state index contributed by atoms with van der Waals surface area (Å²) in [6, 6.07) is 3.09. The Morgan fingerprint density at radius 2 is 1.89 bits per heavy atom.